The van der Waals surface area contributed by atoms with Gasteiger partial charge < -0.3 is 25.6 Å². The number of nitrogens with zero attached hydrogens (tertiary/aromatic N) is 2. The molecule has 1 aliphatic rings. The number of nitrogens with one attached hydrogen (secondary N) is 3. The lowest BCUT2D eigenvalue weighted by Gasteiger charge is -2.27. The molecule has 26 heavy (non-hydrogen) atoms. The Hall–Kier alpha value is -1.99. The maximum atomic E-state index is 12.3. The summed E-state index contributed by atoms with van der Waals surface area (Å²) in [7, 11) is 1.64. The van der Waals surface area contributed by atoms with Crippen LogP contribution in [0.15, 0.2) is 4.99 Å². The number of aliphatic imine (C=N–C) groups is 1. The Morgan fingerprint density at radius 2 is 1.73 bits per heavy atom. The molecule has 0 radical (unpaired) electrons. The van der Waals surface area contributed by atoms with Gasteiger partial charge in [0.1, 0.15) is 5.60 Å². The minimum Gasteiger partial charge on any atom is -0.444 e. The topological polar surface area (TPSA) is 95.1 Å². The quantitative estimate of drug-likeness (QED) is 0.487. The minimum atomic E-state index is -0.504. The van der Waals surface area contributed by atoms with Gasteiger partial charge in [0.2, 0.25) is 5.91 Å². The van der Waals surface area contributed by atoms with E-state index in [4.69, 9.17) is 4.74 Å². The van der Waals surface area contributed by atoms with Crippen LogP contribution in [0.4, 0.5) is 4.79 Å². The van der Waals surface area contributed by atoms with E-state index >= 15 is 0 Å². The molecule has 3 N–H and O–H groups in total. The monoisotopic (exact) mass is 369 g/mol. The number of hydrogen-bond donors (Lipinski definition) is 3. The van der Waals surface area contributed by atoms with Crippen LogP contribution >= 0.6 is 0 Å². The summed E-state index contributed by atoms with van der Waals surface area (Å²) in [5.41, 5.74) is -0.774. The van der Waals surface area contributed by atoms with Crippen molar-refractivity contribution in [2.45, 2.75) is 71.6 Å². The average molecular weight is 370 g/mol. The van der Waals surface area contributed by atoms with Crippen LogP contribution in [0.3, 0.4) is 0 Å². The third-order valence-corrected chi connectivity index (χ3v) is 3.42. The van der Waals surface area contributed by atoms with Gasteiger partial charge in [-0.15, -0.1) is 0 Å². The van der Waals surface area contributed by atoms with Crippen molar-refractivity contribution in [2.24, 2.45) is 4.99 Å². The van der Waals surface area contributed by atoms with Gasteiger partial charge in [-0.25, -0.2) is 4.79 Å². The highest BCUT2D eigenvalue weighted by Crippen LogP contribution is 2.27. The van der Waals surface area contributed by atoms with Gasteiger partial charge in [-0.2, -0.15) is 0 Å². The molecule has 0 atom stereocenters. The maximum absolute atomic E-state index is 12.3. The smallest absolute Gasteiger partial charge is 0.410 e. The number of rotatable bonds is 6. The molecule has 1 fully saturated rings. The first kappa shape index (κ1) is 22.1. The van der Waals surface area contributed by atoms with Crippen molar-refractivity contribution in [1.29, 1.82) is 0 Å². The molecule has 0 bridgehead atoms. The molecule has 8 nitrogen and oxygen atoms in total. The molecule has 1 saturated carbocycles. The van der Waals surface area contributed by atoms with E-state index in [1.54, 1.807) is 11.9 Å². The molecular formula is C18H35N5O3. The maximum Gasteiger partial charge on any atom is 0.410 e. The van der Waals surface area contributed by atoms with Gasteiger partial charge in [0.25, 0.3) is 0 Å². The van der Waals surface area contributed by atoms with Crippen molar-refractivity contribution < 1.29 is 14.3 Å². The zero-order valence-corrected chi connectivity index (χ0v) is 17.2. The summed E-state index contributed by atoms with van der Waals surface area (Å²) in [6.45, 7) is 12.6. The summed E-state index contributed by atoms with van der Waals surface area (Å²) in [4.78, 5) is 30.0. The van der Waals surface area contributed by atoms with Gasteiger partial charge >= 0.3 is 6.09 Å². The molecule has 0 aliphatic heterocycles. The van der Waals surface area contributed by atoms with Crippen molar-refractivity contribution in [3.8, 4) is 0 Å². The number of guanidine groups is 1. The van der Waals surface area contributed by atoms with Crippen LogP contribution < -0.4 is 16.0 Å². The van der Waals surface area contributed by atoms with Crippen LogP contribution in [0.25, 0.3) is 0 Å². The summed E-state index contributed by atoms with van der Waals surface area (Å²) in [6, 6.07) is 0.263. The van der Waals surface area contributed by atoms with Crippen LogP contribution in [0.5, 0.6) is 0 Å². The Labute approximate surface area is 157 Å². The lowest BCUT2D eigenvalue weighted by Crippen LogP contribution is -2.49. The van der Waals surface area contributed by atoms with Crippen molar-refractivity contribution in [3.05, 3.63) is 0 Å². The van der Waals surface area contributed by atoms with E-state index < -0.39 is 5.60 Å². The molecule has 0 spiro atoms. The summed E-state index contributed by atoms with van der Waals surface area (Å²) in [6.07, 6.45) is 1.74. The number of amides is 2. The molecule has 1 aliphatic carbocycles. The van der Waals surface area contributed by atoms with Gasteiger partial charge in [-0.1, -0.05) is 0 Å². The van der Waals surface area contributed by atoms with Gasteiger partial charge in [-0.3, -0.25) is 9.79 Å². The van der Waals surface area contributed by atoms with Crippen LogP contribution in [0, 0.1) is 0 Å². The normalized spacial score (nSPS) is 15.3. The van der Waals surface area contributed by atoms with Gasteiger partial charge in [0.15, 0.2) is 5.96 Å². The summed E-state index contributed by atoms with van der Waals surface area (Å²) < 4.78 is 5.47. The number of carbonyl (C=O) groups excluding carboxylic acids is 2. The second-order valence-corrected chi connectivity index (χ2v) is 8.56. The molecule has 1 rings (SSSR count). The fourth-order valence-corrected chi connectivity index (χ4v) is 2.27. The molecule has 0 unspecified atom stereocenters. The Morgan fingerprint density at radius 1 is 1.12 bits per heavy atom. The molecule has 0 aromatic heterocycles. The molecule has 0 saturated heterocycles. The Balaban J connectivity index is 2.40. The van der Waals surface area contributed by atoms with Gasteiger partial charge in [-0.05, 0) is 54.4 Å². The molecule has 150 valence electrons. The lowest BCUT2D eigenvalue weighted by molar-refractivity contribution is -0.121. The fraction of sp³-hybridized carbons (Fsp3) is 0.833. The van der Waals surface area contributed by atoms with Gasteiger partial charge in [0.05, 0.1) is 6.54 Å². The van der Waals surface area contributed by atoms with E-state index in [9.17, 15) is 9.59 Å². The average Bonchev–Trinajstić information content (AvgIpc) is 3.27. The SMILES string of the molecule is CN=C(NCCN(C(=O)OC(C)(C)C)C1CC1)NCC(=O)NC(C)(C)C. The first-order valence-electron chi connectivity index (χ1n) is 9.16. The summed E-state index contributed by atoms with van der Waals surface area (Å²) >= 11 is 0. The number of ether oxygens (including phenoxy) is 1. The van der Waals surface area contributed by atoms with E-state index in [1.165, 1.54) is 0 Å². The first-order chi connectivity index (χ1) is 11.9. The van der Waals surface area contributed by atoms with E-state index in [0.717, 1.165) is 12.8 Å². The molecule has 0 heterocycles. The molecule has 0 aromatic rings. The number of carbonyl (C=O) groups is 2. The van der Waals surface area contributed by atoms with Crippen LogP contribution in [0.2, 0.25) is 0 Å². The van der Waals surface area contributed by atoms with Gasteiger partial charge in [0, 0.05) is 31.7 Å². The van der Waals surface area contributed by atoms with Crippen molar-refractivity contribution in [1.82, 2.24) is 20.9 Å². The van der Waals surface area contributed by atoms with E-state index in [1.807, 2.05) is 41.5 Å². The fourth-order valence-electron chi connectivity index (χ4n) is 2.27. The Kier molecular flexibility index (Phi) is 7.71. The van der Waals surface area contributed by atoms with Crippen LogP contribution in [-0.4, -0.2) is 66.7 Å². The summed E-state index contributed by atoms with van der Waals surface area (Å²) in [5, 5.41) is 8.98. The minimum absolute atomic E-state index is 0.103. The molecule has 8 heteroatoms. The Morgan fingerprint density at radius 3 is 2.19 bits per heavy atom. The second-order valence-electron chi connectivity index (χ2n) is 8.56. The predicted octanol–water partition coefficient (Wildman–Crippen LogP) is 1.47. The number of hydrogen-bond acceptors (Lipinski definition) is 4. The predicted molar refractivity (Wildman–Crippen MR) is 103 cm³/mol. The summed E-state index contributed by atoms with van der Waals surface area (Å²) in [5.74, 6) is 0.419. The van der Waals surface area contributed by atoms with Crippen molar-refractivity contribution in [3.63, 3.8) is 0 Å². The zero-order chi connectivity index (χ0) is 20.0. The molecule has 0 aromatic carbocycles. The van der Waals surface area contributed by atoms with E-state index in [2.05, 4.69) is 20.9 Å². The lowest BCUT2D eigenvalue weighted by atomic mass is 10.1. The molecule has 2 amide bonds. The molecular weight excluding hydrogens is 334 g/mol. The highest BCUT2D eigenvalue weighted by molar-refractivity contribution is 5.86. The third-order valence-electron chi connectivity index (χ3n) is 3.42. The highest BCUT2D eigenvalue weighted by Gasteiger charge is 2.34. The second kappa shape index (κ2) is 9.09. The Bertz CT molecular complexity index is 516. The highest BCUT2D eigenvalue weighted by atomic mass is 16.6. The van der Waals surface area contributed by atoms with E-state index in [-0.39, 0.29) is 30.1 Å². The standard InChI is InChI=1S/C18H35N5O3/c1-17(2,3)22-14(24)12-21-15(19-7)20-10-11-23(13-8-9-13)16(25)26-18(4,5)6/h13H,8-12H2,1-7H3,(H,22,24)(H2,19,20,21). The largest absolute Gasteiger partial charge is 0.444 e. The van der Waals surface area contributed by atoms with Crippen molar-refractivity contribution >= 4 is 18.0 Å². The van der Waals surface area contributed by atoms with Crippen molar-refractivity contribution in [2.75, 3.05) is 26.7 Å². The van der Waals surface area contributed by atoms with Crippen LogP contribution in [-0.2, 0) is 9.53 Å². The third kappa shape index (κ3) is 9.48. The van der Waals surface area contributed by atoms with Crippen LogP contribution in [0.1, 0.15) is 54.4 Å². The van der Waals surface area contributed by atoms with E-state index in [0.29, 0.717) is 19.0 Å². The first-order valence-corrected chi connectivity index (χ1v) is 9.16. The zero-order valence-electron chi connectivity index (χ0n) is 17.2.